The van der Waals surface area contributed by atoms with E-state index >= 15 is 0 Å². The Morgan fingerprint density at radius 1 is 0.917 bits per heavy atom. The second-order valence-corrected chi connectivity index (χ2v) is 10.6. The molecule has 0 heterocycles. The summed E-state index contributed by atoms with van der Waals surface area (Å²) in [5.74, 6) is 2.46. The molecule has 5 aliphatic rings. The molecule has 0 amide bonds. The molecule has 0 N–H and O–H groups in total. The quantitative estimate of drug-likeness (QED) is 0.665. The fourth-order valence-corrected chi connectivity index (χ4v) is 6.98. The van der Waals surface area contributed by atoms with Gasteiger partial charge in [-0.2, -0.15) is 0 Å². The molecule has 5 fully saturated rings. The van der Waals surface area contributed by atoms with Gasteiger partial charge in [-0.05, 0) is 80.5 Å². The lowest BCUT2D eigenvalue weighted by molar-refractivity contribution is -0.147. The van der Waals surface area contributed by atoms with Crippen LogP contribution in [-0.4, -0.2) is 25.4 Å². The summed E-state index contributed by atoms with van der Waals surface area (Å²) in [7, 11) is 0. The minimum Gasteiger partial charge on any atom is -0.377 e. The Morgan fingerprint density at radius 2 is 1.62 bits per heavy atom. The first kappa shape index (κ1) is 17.3. The van der Waals surface area contributed by atoms with Crippen molar-refractivity contribution in [2.75, 3.05) is 13.2 Å². The van der Waals surface area contributed by atoms with Gasteiger partial charge in [0, 0.05) is 12.0 Å². The zero-order valence-electron chi connectivity index (χ0n) is 16.6. The fraction of sp³-hybridized carbons (Fsp3) is 1.00. The summed E-state index contributed by atoms with van der Waals surface area (Å²) in [4.78, 5) is 0. The van der Waals surface area contributed by atoms with E-state index in [9.17, 15) is 0 Å². The van der Waals surface area contributed by atoms with Crippen LogP contribution < -0.4 is 0 Å². The number of hydrogen-bond acceptors (Lipinski definition) is 2. The first-order valence-corrected chi connectivity index (χ1v) is 10.5. The Morgan fingerprint density at radius 3 is 2.25 bits per heavy atom. The minimum atomic E-state index is 0.341. The highest BCUT2D eigenvalue weighted by atomic mass is 16.5. The first-order chi connectivity index (χ1) is 11.3. The maximum atomic E-state index is 6.68. The predicted molar refractivity (Wildman–Crippen MR) is 97.9 cm³/mol. The minimum absolute atomic E-state index is 0.341. The monoisotopic (exact) mass is 334 g/mol. The van der Waals surface area contributed by atoms with Gasteiger partial charge in [0.2, 0.25) is 0 Å². The SMILES string of the molecule is CCOC1C(C)(C)CCC12CC2COC1C2CCC(CC2)C1(C)C. The van der Waals surface area contributed by atoms with Crippen molar-refractivity contribution >= 4 is 0 Å². The molecular weight excluding hydrogens is 296 g/mol. The highest BCUT2D eigenvalue weighted by Gasteiger charge is 2.66. The largest absolute Gasteiger partial charge is 0.377 e. The van der Waals surface area contributed by atoms with Crippen LogP contribution >= 0.6 is 0 Å². The van der Waals surface area contributed by atoms with Gasteiger partial charge in [0.05, 0.1) is 18.8 Å². The van der Waals surface area contributed by atoms with Crippen molar-refractivity contribution in [2.45, 2.75) is 91.8 Å². The molecule has 2 bridgehead atoms. The number of rotatable bonds is 5. The second kappa shape index (κ2) is 5.71. The lowest BCUT2D eigenvalue weighted by Gasteiger charge is -2.54. The van der Waals surface area contributed by atoms with Gasteiger partial charge in [-0.25, -0.2) is 0 Å². The van der Waals surface area contributed by atoms with E-state index in [0.29, 0.717) is 28.5 Å². The maximum Gasteiger partial charge on any atom is 0.0685 e. The molecule has 5 saturated carbocycles. The van der Waals surface area contributed by atoms with E-state index in [1.807, 2.05) is 0 Å². The Hall–Kier alpha value is -0.0800. The molecule has 1 spiro atoms. The van der Waals surface area contributed by atoms with Gasteiger partial charge >= 0.3 is 0 Å². The Balaban J connectivity index is 1.40. The van der Waals surface area contributed by atoms with E-state index in [1.54, 1.807) is 0 Å². The van der Waals surface area contributed by atoms with Gasteiger partial charge in [-0.1, -0.05) is 27.7 Å². The zero-order chi connectivity index (χ0) is 17.2. The summed E-state index contributed by atoms with van der Waals surface area (Å²) in [5.41, 5.74) is 1.17. The molecule has 0 radical (unpaired) electrons. The van der Waals surface area contributed by atoms with Crippen molar-refractivity contribution in [1.29, 1.82) is 0 Å². The molecule has 4 atom stereocenters. The van der Waals surface area contributed by atoms with Gasteiger partial charge < -0.3 is 9.47 Å². The van der Waals surface area contributed by atoms with Gasteiger partial charge in [-0.3, -0.25) is 0 Å². The van der Waals surface area contributed by atoms with Crippen molar-refractivity contribution in [3.63, 3.8) is 0 Å². The maximum absolute atomic E-state index is 6.68. The van der Waals surface area contributed by atoms with Crippen LogP contribution in [0.25, 0.3) is 0 Å². The van der Waals surface area contributed by atoms with Crippen LogP contribution in [-0.2, 0) is 9.47 Å². The van der Waals surface area contributed by atoms with Crippen molar-refractivity contribution in [3.05, 3.63) is 0 Å². The molecule has 0 aromatic heterocycles. The topological polar surface area (TPSA) is 18.5 Å². The van der Waals surface area contributed by atoms with Crippen LogP contribution in [0.15, 0.2) is 0 Å². The van der Waals surface area contributed by atoms with E-state index in [2.05, 4.69) is 34.6 Å². The molecule has 5 rings (SSSR count). The summed E-state index contributed by atoms with van der Waals surface area (Å²) in [5, 5.41) is 0. The van der Waals surface area contributed by atoms with Crippen LogP contribution in [0.5, 0.6) is 0 Å². The van der Waals surface area contributed by atoms with E-state index in [4.69, 9.17) is 9.47 Å². The summed E-state index contributed by atoms with van der Waals surface area (Å²) < 4.78 is 12.9. The molecule has 4 unspecified atom stereocenters. The Kier molecular flexibility index (Phi) is 4.12. The summed E-state index contributed by atoms with van der Waals surface area (Å²) in [6.45, 7) is 13.7. The Bertz CT molecular complexity index is 474. The van der Waals surface area contributed by atoms with Crippen molar-refractivity contribution in [3.8, 4) is 0 Å². The van der Waals surface area contributed by atoms with Crippen molar-refractivity contribution < 1.29 is 9.47 Å². The molecule has 0 saturated heterocycles. The van der Waals surface area contributed by atoms with Crippen LogP contribution in [0.3, 0.4) is 0 Å². The molecule has 24 heavy (non-hydrogen) atoms. The highest BCUT2D eigenvalue weighted by Crippen LogP contribution is 2.68. The first-order valence-electron chi connectivity index (χ1n) is 10.5. The van der Waals surface area contributed by atoms with Crippen LogP contribution in [0, 0.1) is 34.0 Å². The van der Waals surface area contributed by atoms with Crippen LogP contribution in [0.1, 0.15) is 79.6 Å². The molecule has 0 aromatic rings. The van der Waals surface area contributed by atoms with E-state index in [1.165, 1.54) is 44.9 Å². The standard InChI is InChI=1S/C22H38O2/c1-6-23-19-20(2,3)11-12-22(19)13-17(22)14-24-18-15-7-9-16(10-8-15)21(18,4)5/h15-19H,6-14H2,1-5H3. The van der Waals surface area contributed by atoms with Gasteiger partial charge in [0.1, 0.15) is 0 Å². The van der Waals surface area contributed by atoms with Gasteiger partial charge in [-0.15, -0.1) is 0 Å². The molecule has 138 valence electrons. The summed E-state index contributed by atoms with van der Waals surface area (Å²) in [6.07, 6.45) is 10.6. The number of fused-ring (bicyclic) bond motifs is 3. The summed E-state index contributed by atoms with van der Waals surface area (Å²) in [6, 6.07) is 0. The third-order valence-electron chi connectivity index (χ3n) is 8.54. The normalized spacial score (nSPS) is 48.1. The van der Waals surface area contributed by atoms with E-state index in [0.717, 1.165) is 31.0 Å². The van der Waals surface area contributed by atoms with Crippen LogP contribution in [0.2, 0.25) is 0 Å². The lowest BCUT2D eigenvalue weighted by atomic mass is 9.56. The predicted octanol–water partition coefficient (Wildman–Crippen LogP) is 5.45. The highest BCUT2D eigenvalue weighted by molar-refractivity contribution is 5.15. The molecule has 0 aliphatic heterocycles. The molecule has 5 aliphatic carbocycles. The third-order valence-corrected chi connectivity index (χ3v) is 8.54. The zero-order valence-corrected chi connectivity index (χ0v) is 16.6. The molecule has 0 aromatic carbocycles. The summed E-state index contributed by atoms with van der Waals surface area (Å²) >= 11 is 0. The Labute approximate surface area is 149 Å². The average molecular weight is 335 g/mol. The smallest absolute Gasteiger partial charge is 0.0685 e. The second-order valence-electron chi connectivity index (χ2n) is 10.6. The van der Waals surface area contributed by atoms with Gasteiger partial charge in [0.15, 0.2) is 0 Å². The number of hydrogen-bond donors (Lipinski definition) is 0. The average Bonchev–Trinajstić information content (AvgIpc) is 3.18. The molecular formula is C22H38O2. The van der Waals surface area contributed by atoms with Crippen molar-refractivity contribution in [1.82, 2.24) is 0 Å². The third kappa shape index (κ3) is 2.50. The number of ether oxygens (including phenoxy) is 2. The van der Waals surface area contributed by atoms with E-state index < -0.39 is 0 Å². The van der Waals surface area contributed by atoms with Crippen molar-refractivity contribution in [2.24, 2.45) is 34.0 Å². The van der Waals surface area contributed by atoms with Gasteiger partial charge in [0.25, 0.3) is 0 Å². The molecule has 2 heteroatoms. The molecule has 2 nitrogen and oxygen atoms in total. The fourth-order valence-electron chi connectivity index (χ4n) is 6.98. The van der Waals surface area contributed by atoms with Crippen LogP contribution in [0.4, 0.5) is 0 Å². The lowest BCUT2D eigenvalue weighted by Crippen LogP contribution is -2.51. The van der Waals surface area contributed by atoms with E-state index in [-0.39, 0.29) is 0 Å².